The van der Waals surface area contributed by atoms with Gasteiger partial charge in [-0.15, -0.1) is 0 Å². The SMILES string of the molecule is N#CCC(=O)Nc1ccccc1NC(=O)c1ccc2c(c1)C(=O)N(C1CCCCC1)C2=O. The number of benzene rings is 2. The molecule has 1 fully saturated rings. The van der Waals surface area contributed by atoms with Crippen molar-refractivity contribution >= 4 is 35.0 Å². The Morgan fingerprint density at radius 1 is 0.938 bits per heavy atom. The standard InChI is InChI=1S/C24H22N4O4/c25-13-12-21(29)26-19-8-4-5-9-20(19)27-22(30)15-10-11-17-18(14-15)24(32)28(23(17)31)16-6-2-1-3-7-16/h4-5,8-11,14,16H,1-3,6-7,12H2,(H,26,29)(H,27,30). The normalized spacial score (nSPS) is 15.8. The third kappa shape index (κ3) is 4.10. The van der Waals surface area contributed by atoms with E-state index in [9.17, 15) is 19.2 Å². The fraction of sp³-hybridized carbons (Fsp3) is 0.292. The number of carbonyl (C=O) groups is 4. The molecule has 2 aliphatic rings. The molecular weight excluding hydrogens is 408 g/mol. The molecule has 4 amide bonds. The van der Waals surface area contributed by atoms with Crippen LogP contribution in [0.2, 0.25) is 0 Å². The third-order valence-corrected chi connectivity index (χ3v) is 5.81. The van der Waals surface area contributed by atoms with E-state index < -0.39 is 11.8 Å². The predicted molar refractivity (Wildman–Crippen MR) is 117 cm³/mol. The fourth-order valence-corrected chi connectivity index (χ4v) is 4.23. The Morgan fingerprint density at radius 3 is 2.28 bits per heavy atom. The molecule has 0 aromatic heterocycles. The largest absolute Gasteiger partial charge is 0.323 e. The van der Waals surface area contributed by atoms with Crippen LogP contribution in [0.4, 0.5) is 11.4 Å². The molecule has 162 valence electrons. The van der Waals surface area contributed by atoms with Crippen LogP contribution < -0.4 is 10.6 Å². The van der Waals surface area contributed by atoms with E-state index >= 15 is 0 Å². The molecule has 0 spiro atoms. The van der Waals surface area contributed by atoms with Crippen LogP contribution in [0.5, 0.6) is 0 Å². The maximum absolute atomic E-state index is 13.0. The number of nitrogens with one attached hydrogen (secondary N) is 2. The molecule has 0 radical (unpaired) electrons. The monoisotopic (exact) mass is 430 g/mol. The zero-order valence-electron chi connectivity index (χ0n) is 17.4. The number of rotatable bonds is 5. The van der Waals surface area contributed by atoms with Gasteiger partial charge in [-0.3, -0.25) is 24.1 Å². The van der Waals surface area contributed by atoms with E-state index in [-0.39, 0.29) is 35.4 Å². The lowest BCUT2D eigenvalue weighted by atomic mass is 9.94. The molecule has 8 heteroatoms. The first-order valence-electron chi connectivity index (χ1n) is 10.6. The maximum Gasteiger partial charge on any atom is 0.261 e. The average molecular weight is 430 g/mol. The lowest BCUT2D eigenvalue weighted by Crippen LogP contribution is -2.40. The first-order chi connectivity index (χ1) is 15.5. The van der Waals surface area contributed by atoms with Crippen molar-refractivity contribution in [2.24, 2.45) is 0 Å². The number of amides is 4. The number of hydrogen-bond acceptors (Lipinski definition) is 5. The minimum atomic E-state index is -0.487. The summed E-state index contributed by atoms with van der Waals surface area (Å²) in [5, 5.41) is 14.0. The van der Waals surface area contributed by atoms with Crippen molar-refractivity contribution in [2.75, 3.05) is 10.6 Å². The van der Waals surface area contributed by atoms with E-state index in [1.165, 1.54) is 23.1 Å². The minimum absolute atomic E-state index is 0.0858. The Bertz CT molecular complexity index is 1140. The molecule has 32 heavy (non-hydrogen) atoms. The number of fused-ring (bicyclic) bond motifs is 1. The van der Waals surface area contributed by atoms with Gasteiger partial charge in [0, 0.05) is 11.6 Å². The number of anilines is 2. The molecule has 2 aromatic rings. The molecule has 8 nitrogen and oxygen atoms in total. The van der Waals surface area contributed by atoms with E-state index in [1.807, 2.05) is 0 Å². The molecule has 1 aliphatic carbocycles. The van der Waals surface area contributed by atoms with Gasteiger partial charge in [0.15, 0.2) is 0 Å². The highest BCUT2D eigenvalue weighted by molar-refractivity contribution is 6.22. The van der Waals surface area contributed by atoms with Crippen LogP contribution >= 0.6 is 0 Å². The van der Waals surface area contributed by atoms with Gasteiger partial charge in [-0.2, -0.15) is 5.26 Å². The van der Waals surface area contributed by atoms with Gasteiger partial charge in [0.2, 0.25) is 5.91 Å². The fourth-order valence-electron chi connectivity index (χ4n) is 4.23. The quantitative estimate of drug-likeness (QED) is 0.701. The van der Waals surface area contributed by atoms with Crippen LogP contribution in [0, 0.1) is 11.3 Å². The molecule has 0 unspecified atom stereocenters. The van der Waals surface area contributed by atoms with Crippen molar-refractivity contribution in [1.82, 2.24) is 4.90 Å². The molecule has 4 rings (SSSR count). The first kappa shape index (κ1) is 21.2. The average Bonchev–Trinajstić information content (AvgIpc) is 3.05. The van der Waals surface area contributed by atoms with Crippen LogP contribution in [0.15, 0.2) is 42.5 Å². The van der Waals surface area contributed by atoms with Crippen molar-refractivity contribution in [2.45, 2.75) is 44.6 Å². The summed E-state index contributed by atoms with van der Waals surface area (Å²) in [5.74, 6) is -1.62. The lowest BCUT2D eigenvalue weighted by molar-refractivity contribution is -0.115. The number of nitriles is 1. The number of para-hydroxylation sites is 2. The van der Waals surface area contributed by atoms with E-state index in [4.69, 9.17) is 5.26 Å². The van der Waals surface area contributed by atoms with Gasteiger partial charge in [0.25, 0.3) is 17.7 Å². The number of hydrogen-bond donors (Lipinski definition) is 2. The number of nitrogens with zero attached hydrogens (tertiary/aromatic N) is 2. The molecular formula is C24H22N4O4. The lowest BCUT2D eigenvalue weighted by Gasteiger charge is -2.29. The Labute approximate surface area is 185 Å². The third-order valence-electron chi connectivity index (χ3n) is 5.81. The zero-order chi connectivity index (χ0) is 22.7. The van der Waals surface area contributed by atoms with Crippen molar-refractivity contribution in [3.63, 3.8) is 0 Å². The minimum Gasteiger partial charge on any atom is -0.323 e. The Hall–Kier alpha value is -3.99. The van der Waals surface area contributed by atoms with Gasteiger partial charge in [-0.05, 0) is 43.2 Å². The summed E-state index contributed by atoms with van der Waals surface area (Å²) in [7, 11) is 0. The Balaban J connectivity index is 1.54. The molecule has 0 saturated heterocycles. The maximum atomic E-state index is 13.0. The summed E-state index contributed by atoms with van der Waals surface area (Å²) >= 11 is 0. The van der Waals surface area contributed by atoms with Gasteiger partial charge in [0.05, 0.1) is 28.6 Å². The van der Waals surface area contributed by atoms with Crippen molar-refractivity contribution in [1.29, 1.82) is 5.26 Å². The summed E-state index contributed by atoms with van der Waals surface area (Å²) in [6, 6.07) is 12.8. The predicted octanol–water partition coefficient (Wildman–Crippen LogP) is 3.72. The van der Waals surface area contributed by atoms with Crippen LogP contribution in [0.25, 0.3) is 0 Å². The van der Waals surface area contributed by atoms with E-state index in [0.717, 1.165) is 32.1 Å². The molecule has 1 heterocycles. The van der Waals surface area contributed by atoms with Crippen molar-refractivity contribution in [3.05, 3.63) is 59.2 Å². The molecule has 0 bridgehead atoms. The summed E-state index contributed by atoms with van der Waals surface area (Å²) < 4.78 is 0. The summed E-state index contributed by atoms with van der Waals surface area (Å²) in [6.45, 7) is 0. The number of imide groups is 1. The van der Waals surface area contributed by atoms with Crippen LogP contribution in [-0.4, -0.2) is 34.6 Å². The number of carbonyl (C=O) groups excluding carboxylic acids is 4. The van der Waals surface area contributed by atoms with E-state index in [1.54, 1.807) is 30.3 Å². The van der Waals surface area contributed by atoms with Crippen molar-refractivity contribution < 1.29 is 19.2 Å². The smallest absolute Gasteiger partial charge is 0.261 e. The molecule has 2 N–H and O–H groups in total. The second-order valence-electron chi connectivity index (χ2n) is 7.92. The molecule has 1 saturated carbocycles. The van der Waals surface area contributed by atoms with Gasteiger partial charge in [-0.25, -0.2) is 0 Å². The molecule has 1 aliphatic heterocycles. The van der Waals surface area contributed by atoms with Gasteiger partial charge in [-0.1, -0.05) is 31.4 Å². The van der Waals surface area contributed by atoms with Crippen LogP contribution in [0.3, 0.4) is 0 Å². The van der Waals surface area contributed by atoms with Crippen LogP contribution in [0.1, 0.15) is 69.6 Å². The second kappa shape index (κ2) is 9.02. The van der Waals surface area contributed by atoms with Crippen LogP contribution in [-0.2, 0) is 4.79 Å². The van der Waals surface area contributed by atoms with Gasteiger partial charge >= 0.3 is 0 Å². The van der Waals surface area contributed by atoms with Crippen molar-refractivity contribution in [3.8, 4) is 6.07 Å². The van der Waals surface area contributed by atoms with E-state index in [2.05, 4.69) is 10.6 Å². The highest BCUT2D eigenvalue weighted by atomic mass is 16.2. The van der Waals surface area contributed by atoms with Gasteiger partial charge in [0.1, 0.15) is 6.42 Å². The summed E-state index contributed by atoms with van der Waals surface area (Å²) in [5.41, 5.74) is 1.51. The highest BCUT2D eigenvalue weighted by Gasteiger charge is 2.40. The first-order valence-corrected chi connectivity index (χ1v) is 10.6. The Morgan fingerprint density at radius 2 is 1.59 bits per heavy atom. The zero-order valence-corrected chi connectivity index (χ0v) is 17.4. The van der Waals surface area contributed by atoms with Gasteiger partial charge < -0.3 is 10.6 Å². The highest BCUT2D eigenvalue weighted by Crippen LogP contribution is 2.32. The summed E-state index contributed by atoms with van der Waals surface area (Å²) in [4.78, 5) is 51.8. The summed E-state index contributed by atoms with van der Waals surface area (Å²) in [6.07, 6.45) is 4.43. The Kier molecular flexibility index (Phi) is 5.99. The second-order valence-corrected chi connectivity index (χ2v) is 7.92. The van der Waals surface area contributed by atoms with E-state index in [0.29, 0.717) is 16.9 Å². The topological polar surface area (TPSA) is 119 Å². The molecule has 2 aromatic carbocycles. The molecule has 0 atom stereocenters.